The largest absolute Gasteiger partial charge is 0.321 e. The summed E-state index contributed by atoms with van der Waals surface area (Å²) < 4.78 is 0. The third-order valence-corrected chi connectivity index (χ3v) is 2.49. The first-order valence-electron chi connectivity index (χ1n) is 4.68. The van der Waals surface area contributed by atoms with Crippen LogP contribution in [0.25, 0.3) is 0 Å². The smallest absolute Gasteiger partial charge is 0.0441 e. The van der Waals surface area contributed by atoms with Crippen molar-refractivity contribution < 1.29 is 0 Å². The quantitative estimate of drug-likeness (QED) is 0.700. The zero-order valence-electron chi connectivity index (χ0n) is 8.16. The van der Waals surface area contributed by atoms with Gasteiger partial charge in [-0.15, -0.1) is 6.58 Å². The van der Waals surface area contributed by atoms with Crippen molar-refractivity contribution in [3.8, 4) is 0 Å². The number of hydrogen-bond acceptors (Lipinski definition) is 1. The zero-order chi connectivity index (χ0) is 9.73. The third kappa shape index (κ3) is 2.19. The molecule has 1 atom stereocenters. The molecule has 13 heavy (non-hydrogen) atoms. The molecule has 0 spiro atoms. The van der Waals surface area contributed by atoms with Crippen molar-refractivity contribution in [1.29, 1.82) is 0 Å². The van der Waals surface area contributed by atoms with Gasteiger partial charge >= 0.3 is 0 Å². The van der Waals surface area contributed by atoms with Gasteiger partial charge in [0.1, 0.15) is 0 Å². The summed E-state index contributed by atoms with van der Waals surface area (Å²) >= 11 is 0. The summed E-state index contributed by atoms with van der Waals surface area (Å²) in [6.07, 6.45) is 3.65. The second-order valence-corrected chi connectivity index (χ2v) is 3.37. The summed E-state index contributed by atoms with van der Waals surface area (Å²) in [5, 5.41) is 0. The Morgan fingerprint density at radius 1 is 1.38 bits per heavy atom. The lowest BCUT2D eigenvalue weighted by atomic mass is 9.85. The summed E-state index contributed by atoms with van der Waals surface area (Å²) in [4.78, 5) is 0. The molecule has 0 bridgehead atoms. The molecule has 0 amide bonds. The van der Waals surface area contributed by atoms with Crippen LogP contribution in [0.1, 0.15) is 25.3 Å². The molecule has 1 heteroatoms. The Labute approximate surface area is 80.3 Å². The van der Waals surface area contributed by atoms with Crippen LogP contribution in [0.4, 0.5) is 0 Å². The lowest BCUT2D eigenvalue weighted by Crippen LogP contribution is -2.35. The number of hydrogen-bond donors (Lipinski definition) is 1. The van der Waals surface area contributed by atoms with E-state index in [2.05, 4.69) is 25.6 Å². The van der Waals surface area contributed by atoms with Crippen LogP contribution in [0.5, 0.6) is 0 Å². The normalized spacial score (nSPS) is 14.9. The zero-order valence-corrected chi connectivity index (χ0v) is 8.16. The molecule has 1 aromatic rings. The summed E-state index contributed by atoms with van der Waals surface area (Å²) in [5.74, 6) is 0. The van der Waals surface area contributed by atoms with E-state index in [4.69, 9.17) is 5.73 Å². The lowest BCUT2D eigenvalue weighted by molar-refractivity contribution is 0.434. The van der Waals surface area contributed by atoms with Crippen LogP contribution in [-0.4, -0.2) is 0 Å². The predicted molar refractivity (Wildman–Crippen MR) is 57.4 cm³/mol. The minimum atomic E-state index is -0.233. The van der Waals surface area contributed by atoms with Crippen LogP contribution in [0.15, 0.2) is 43.0 Å². The highest BCUT2D eigenvalue weighted by Crippen LogP contribution is 2.25. The van der Waals surface area contributed by atoms with Crippen molar-refractivity contribution in [2.24, 2.45) is 5.73 Å². The Morgan fingerprint density at radius 2 is 2.00 bits per heavy atom. The van der Waals surface area contributed by atoms with Crippen LogP contribution in [0.2, 0.25) is 0 Å². The summed E-state index contributed by atoms with van der Waals surface area (Å²) in [7, 11) is 0. The standard InChI is InChI=1S/C12H17N/c1-3-10-12(13,4-2)11-8-6-5-7-9-11/h3,5-9H,1,4,10,13H2,2H3. The predicted octanol–water partition coefficient (Wildman–Crippen LogP) is 2.83. The van der Waals surface area contributed by atoms with E-state index < -0.39 is 0 Å². The molecule has 0 fully saturated rings. The van der Waals surface area contributed by atoms with Gasteiger partial charge in [-0.25, -0.2) is 0 Å². The SMILES string of the molecule is C=CCC(N)(CC)c1ccccc1. The molecule has 0 aliphatic carbocycles. The van der Waals surface area contributed by atoms with E-state index in [9.17, 15) is 0 Å². The molecular weight excluding hydrogens is 158 g/mol. The molecular formula is C12H17N. The Morgan fingerprint density at radius 3 is 2.46 bits per heavy atom. The molecule has 2 N–H and O–H groups in total. The minimum absolute atomic E-state index is 0.233. The van der Waals surface area contributed by atoms with E-state index in [1.54, 1.807) is 0 Å². The van der Waals surface area contributed by atoms with E-state index in [1.807, 2.05) is 24.3 Å². The van der Waals surface area contributed by atoms with Crippen molar-refractivity contribution in [3.05, 3.63) is 48.6 Å². The average Bonchev–Trinajstić information content (AvgIpc) is 2.19. The van der Waals surface area contributed by atoms with E-state index in [0.29, 0.717) is 0 Å². The highest BCUT2D eigenvalue weighted by molar-refractivity contribution is 5.24. The fraction of sp³-hybridized carbons (Fsp3) is 0.333. The summed E-state index contributed by atoms with van der Waals surface area (Å²) in [6.45, 7) is 5.85. The van der Waals surface area contributed by atoms with Gasteiger partial charge in [-0.2, -0.15) is 0 Å². The number of benzene rings is 1. The molecule has 0 saturated carbocycles. The lowest BCUT2D eigenvalue weighted by Gasteiger charge is -2.27. The molecule has 1 rings (SSSR count). The fourth-order valence-corrected chi connectivity index (χ4v) is 1.49. The monoisotopic (exact) mass is 175 g/mol. The second-order valence-electron chi connectivity index (χ2n) is 3.37. The van der Waals surface area contributed by atoms with Crippen molar-refractivity contribution in [2.45, 2.75) is 25.3 Å². The van der Waals surface area contributed by atoms with Crippen LogP contribution in [0.3, 0.4) is 0 Å². The molecule has 0 aromatic heterocycles. The molecule has 0 heterocycles. The van der Waals surface area contributed by atoms with E-state index in [1.165, 1.54) is 5.56 Å². The van der Waals surface area contributed by atoms with Gasteiger partial charge in [0.25, 0.3) is 0 Å². The minimum Gasteiger partial charge on any atom is -0.321 e. The molecule has 1 aromatic carbocycles. The molecule has 0 radical (unpaired) electrons. The topological polar surface area (TPSA) is 26.0 Å². The first-order chi connectivity index (χ1) is 6.23. The molecule has 1 nitrogen and oxygen atoms in total. The van der Waals surface area contributed by atoms with Gasteiger partial charge in [0.15, 0.2) is 0 Å². The maximum absolute atomic E-state index is 6.26. The highest BCUT2D eigenvalue weighted by Gasteiger charge is 2.22. The molecule has 70 valence electrons. The van der Waals surface area contributed by atoms with E-state index in [-0.39, 0.29) is 5.54 Å². The van der Waals surface area contributed by atoms with Gasteiger partial charge in [-0.05, 0) is 18.4 Å². The van der Waals surface area contributed by atoms with Crippen LogP contribution in [0, 0.1) is 0 Å². The Kier molecular flexibility index (Phi) is 3.26. The molecule has 1 unspecified atom stereocenters. The average molecular weight is 175 g/mol. The van der Waals surface area contributed by atoms with Gasteiger partial charge in [0, 0.05) is 5.54 Å². The number of rotatable bonds is 4. The fourth-order valence-electron chi connectivity index (χ4n) is 1.49. The summed E-state index contributed by atoms with van der Waals surface area (Å²) in [5.41, 5.74) is 7.22. The van der Waals surface area contributed by atoms with Gasteiger partial charge in [-0.3, -0.25) is 0 Å². The Bertz CT molecular complexity index is 266. The second kappa shape index (κ2) is 4.24. The van der Waals surface area contributed by atoms with Crippen molar-refractivity contribution in [1.82, 2.24) is 0 Å². The van der Waals surface area contributed by atoms with Crippen molar-refractivity contribution in [3.63, 3.8) is 0 Å². The van der Waals surface area contributed by atoms with Crippen molar-refractivity contribution in [2.75, 3.05) is 0 Å². The Hall–Kier alpha value is -1.08. The maximum Gasteiger partial charge on any atom is 0.0441 e. The van der Waals surface area contributed by atoms with Crippen LogP contribution >= 0.6 is 0 Å². The van der Waals surface area contributed by atoms with E-state index >= 15 is 0 Å². The van der Waals surface area contributed by atoms with Crippen molar-refractivity contribution >= 4 is 0 Å². The first-order valence-corrected chi connectivity index (χ1v) is 4.68. The molecule has 0 aliphatic rings. The maximum atomic E-state index is 6.26. The third-order valence-electron chi connectivity index (χ3n) is 2.49. The molecule has 0 saturated heterocycles. The van der Waals surface area contributed by atoms with Crippen LogP contribution < -0.4 is 5.73 Å². The van der Waals surface area contributed by atoms with Gasteiger partial charge in [0.2, 0.25) is 0 Å². The van der Waals surface area contributed by atoms with Crippen LogP contribution in [-0.2, 0) is 5.54 Å². The van der Waals surface area contributed by atoms with Gasteiger partial charge < -0.3 is 5.73 Å². The first kappa shape index (κ1) is 10.0. The van der Waals surface area contributed by atoms with Gasteiger partial charge in [0.05, 0.1) is 0 Å². The molecule has 0 aliphatic heterocycles. The summed E-state index contributed by atoms with van der Waals surface area (Å²) in [6, 6.07) is 10.2. The number of nitrogens with two attached hydrogens (primary N) is 1. The Balaban J connectivity index is 2.95. The van der Waals surface area contributed by atoms with Gasteiger partial charge in [-0.1, -0.05) is 43.3 Å². The van der Waals surface area contributed by atoms with E-state index in [0.717, 1.165) is 12.8 Å². The highest BCUT2D eigenvalue weighted by atomic mass is 14.7.